The van der Waals surface area contributed by atoms with Gasteiger partial charge in [-0.3, -0.25) is 5.32 Å². The lowest BCUT2D eigenvalue weighted by Crippen LogP contribution is -2.38. The number of hydrogen-bond donors (Lipinski definition) is 2. The Hall–Kier alpha value is -3.82. The summed E-state index contributed by atoms with van der Waals surface area (Å²) in [5.41, 5.74) is 1.61. The number of carbonyl (C=O) groups excluding carboxylic acids is 3. The van der Waals surface area contributed by atoms with E-state index in [2.05, 4.69) is 25.3 Å². The maximum absolute atomic E-state index is 12.7. The number of benzene rings is 1. The summed E-state index contributed by atoms with van der Waals surface area (Å²) >= 11 is 0. The number of nitrogens with one attached hydrogen (secondary N) is 2. The summed E-state index contributed by atoms with van der Waals surface area (Å²) in [7, 11) is 1.29. The van der Waals surface area contributed by atoms with Crippen LogP contribution in [0.15, 0.2) is 42.6 Å². The number of amides is 3. The van der Waals surface area contributed by atoms with Crippen molar-refractivity contribution in [2.75, 3.05) is 55.4 Å². The van der Waals surface area contributed by atoms with Crippen molar-refractivity contribution >= 4 is 35.3 Å². The highest BCUT2D eigenvalue weighted by Crippen LogP contribution is 2.17. The quantitative estimate of drug-likeness (QED) is 0.685. The van der Waals surface area contributed by atoms with Gasteiger partial charge in [0.15, 0.2) is 0 Å². The number of urea groups is 1. The van der Waals surface area contributed by atoms with E-state index in [1.807, 2.05) is 0 Å². The van der Waals surface area contributed by atoms with Crippen molar-refractivity contribution < 1.29 is 23.9 Å². The molecule has 3 amide bonds. The van der Waals surface area contributed by atoms with E-state index in [0.717, 1.165) is 18.8 Å². The molecule has 2 heterocycles. The Balaban J connectivity index is 1.53. The first-order valence-electron chi connectivity index (χ1n) is 10.4. The predicted molar refractivity (Wildman–Crippen MR) is 120 cm³/mol. The highest BCUT2D eigenvalue weighted by atomic mass is 16.5. The monoisotopic (exact) mass is 441 g/mol. The van der Waals surface area contributed by atoms with Crippen LogP contribution in [0.4, 0.5) is 26.8 Å². The molecule has 3 rings (SSSR count). The van der Waals surface area contributed by atoms with E-state index in [0.29, 0.717) is 43.2 Å². The van der Waals surface area contributed by atoms with E-state index >= 15 is 0 Å². The Kier molecular flexibility index (Phi) is 7.85. The summed E-state index contributed by atoms with van der Waals surface area (Å²) in [6.45, 7) is 4.61. The molecule has 2 N–H and O–H groups in total. The molecule has 1 saturated heterocycles. The van der Waals surface area contributed by atoms with Crippen molar-refractivity contribution in [3.8, 4) is 0 Å². The minimum absolute atomic E-state index is 0.189. The maximum atomic E-state index is 12.7. The number of esters is 1. The third-order valence-corrected chi connectivity index (χ3v) is 4.93. The summed E-state index contributed by atoms with van der Waals surface area (Å²) in [4.78, 5) is 44.0. The Labute approximate surface area is 186 Å². The maximum Gasteiger partial charge on any atom is 0.411 e. The smallest absolute Gasteiger partial charge is 0.411 e. The summed E-state index contributed by atoms with van der Waals surface area (Å²) in [5, 5.41) is 5.44. The van der Waals surface area contributed by atoms with Crippen LogP contribution in [0.5, 0.6) is 0 Å². The number of nitrogens with zero attached hydrogens (tertiary/aromatic N) is 3. The molecule has 0 saturated carbocycles. The SMILES string of the molecule is CCOC(=O)c1ccc(N2CCCN(C(=O)Nc3ccc(NC(=O)OC)cc3)CC2)nc1. The third kappa shape index (κ3) is 6.10. The minimum atomic E-state index is -0.555. The van der Waals surface area contributed by atoms with E-state index in [-0.39, 0.29) is 12.0 Å². The number of anilines is 3. The molecule has 170 valence electrons. The van der Waals surface area contributed by atoms with Gasteiger partial charge < -0.3 is 24.6 Å². The summed E-state index contributed by atoms with van der Waals surface area (Å²) < 4.78 is 9.53. The van der Waals surface area contributed by atoms with Crippen molar-refractivity contribution in [3.63, 3.8) is 0 Å². The van der Waals surface area contributed by atoms with Crippen LogP contribution in [-0.4, -0.2) is 67.9 Å². The van der Waals surface area contributed by atoms with Crippen LogP contribution >= 0.6 is 0 Å². The predicted octanol–water partition coefficient (Wildman–Crippen LogP) is 3.18. The molecule has 1 aliphatic rings. The standard InChI is InChI=1S/C22H27N5O5/c1-3-32-20(28)16-5-10-19(23-15-16)26-11-4-12-27(14-13-26)21(29)24-17-6-8-18(9-7-17)25-22(30)31-2/h5-10,15H,3-4,11-14H2,1-2H3,(H,24,29)(H,25,30). The zero-order valence-corrected chi connectivity index (χ0v) is 18.2. The molecule has 1 aromatic heterocycles. The van der Waals surface area contributed by atoms with Gasteiger partial charge in [-0.25, -0.2) is 19.4 Å². The molecule has 32 heavy (non-hydrogen) atoms. The Morgan fingerprint density at radius 1 is 0.969 bits per heavy atom. The molecule has 1 aliphatic heterocycles. The lowest BCUT2D eigenvalue weighted by atomic mass is 10.2. The minimum Gasteiger partial charge on any atom is -0.462 e. The van der Waals surface area contributed by atoms with E-state index in [1.54, 1.807) is 48.2 Å². The van der Waals surface area contributed by atoms with Crippen LogP contribution in [0.2, 0.25) is 0 Å². The van der Waals surface area contributed by atoms with Crippen molar-refractivity contribution in [3.05, 3.63) is 48.2 Å². The van der Waals surface area contributed by atoms with Gasteiger partial charge in [0.1, 0.15) is 5.82 Å². The van der Waals surface area contributed by atoms with Gasteiger partial charge in [0.2, 0.25) is 0 Å². The van der Waals surface area contributed by atoms with Gasteiger partial charge in [-0.05, 0) is 49.7 Å². The second kappa shape index (κ2) is 11.0. The lowest BCUT2D eigenvalue weighted by molar-refractivity contribution is 0.0526. The number of carbonyl (C=O) groups is 3. The van der Waals surface area contributed by atoms with Gasteiger partial charge in [0, 0.05) is 43.8 Å². The molecule has 0 unspecified atom stereocenters. The third-order valence-electron chi connectivity index (χ3n) is 4.93. The van der Waals surface area contributed by atoms with E-state index in [4.69, 9.17) is 4.74 Å². The van der Waals surface area contributed by atoms with Crippen LogP contribution in [0.3, 0.4) is 0 Å². The molecule has 2 aromatic rings. The van der Waals surface area contributed by atoms with Crippen LogP contribution in [0, 0.1) is 0 Å². The van der Waals surface area contributed by atoms with E-state index in [1.165, 1.54) is 13.3 Å². The van der Waals surface area contributed by atoms with Gasteiger partial charge in [-0.2, -0.15) is 0 Å². The lowest BCUT2D eigenvalue weighted by Gasteiger charge is -2.23. The van der Waals surface area contributed by atoms with Gasteiger partial charge >= 0.3 is 18.1 Å². The van der Waals surface area contributed by atoms with Gasteiger partial charge in [0.25, 0.3) is 0 Å². The van der Waals surface area contributed by atoms with E-state index in [9.17, 15) is 14.4 Å². The van der Waals surface area contributed by atoms with Crippen LogP contribution < -0.4 is 15.5 Å². The molecule has 0 spiro atoms. The largest absolute Gasteiger partial charge is 0.462 e. The number of methoxy groups -OCH3 is 1. The van der Waals surface area contributed by atoms with Crippen molar-refractivity contribution in [1.29, 1.82) is 0 Å². The Morgan fingerprint density at radius 3 is 2.31 bits per heavy atom. The van der Waals surface area contributed by atoms with Crippen LogP contribution in [0.1, 0.15) is 23.7 Å². The molecule has 1 aromatic carbocycles. The zero-order valence-electron chi connectivity index (χ0n) is 18.2. The number of hydrogen-bond acceptors (Lipinski definition) is 7. The molecule has 0 atom stereocenters. The number of ether oxygens (including phenoxy) is 2. The fourth-order valence-corrected chi connectivity index (χ4v) is 3.27. The second-order valence-electron chi connectivity index (χ2n) is 7.08. The molecule has 10 nitrogen and oxygen atoms in total. The first-order chi connectivity index (χ1) is 15.5. The molecule has 0 aliphatic carbocycles. The number of pyridine rings is 1. The first-order valence-corrected chi connectivity index (χ1v) is 10.4. The highest BCUT2D eigenvalue weighted by Gasteiger charge is 2.20. The molecular formula is C22H27N5O5. The van der Waals surface area contributed by atoms with Gasteiger partial charge in [-0.1, -0.05) is 0 Å². The van der Waals surface area contributed by atoms with Gasteiger partial charge in [0.05, 0.1) is 19.3 Å². The van der Waals surface area contributed by atoms with Crippen molar-refractivity contribution in [1.82, 2.24) is 9.88 Å². The fraction of sp³-hybridized carbons (Fsp3) is 0.364. The van der Waals surface area contributed by atoms with Gasteiger partial charge in [-0.15, -0.1) is 0 Å². The first kappa shape index (κ1) is 22.9. The Morgan fingerprint density at radius 2 is 1.69 bits per heavy atom. The van der Waals surface area contributed by atoms with Crippen LogP contribution in [-0.2, 0) is 9.47 Å². The van der Waals surface area contributed by atoms with Crippen LogP contribution in [0.25, 0.3) is 0 Å². The molecule has 10 heteroatoms. The summed E-state index contributed by atoms with van der Waals surface area (Å²) in [5.74, 6) is 0.369. The highest BCUT2D eigenvalue weighted by molar-refractivity contribution is 5.90. The average molecular weight is 441 g/mol. The normalized spacial score (nSPS) is 13.7. The number of rotatable bonds is 5. The summed E-state index contributed by atoms with van der Waals surface area (Å²) in [6, 6.07) is 10.1. The van der Waals surface area contributed by atoms with E-state index < -0.39 is 6.09 Å². The van der Waals surface area contributed by atoms with Crippen molar-refractivity contribution in [2.45, 2.75) is 13.3 Å². The average Bonchev–Trinajstić information content (AvgIpc) is 3.07. The number of aromatic nitrogens is 1. The summed E-state index contributed by atoms with van der Waals surface area (Å²) in [6.07, 6.45) is 1.75. The molecular weight excluding hydrogens is 414 g/mol. The van der Waals surface area contributed by atoms with Crippen molar-refractivity contribution in [2.24, 2.45) is 0 Å². The Bertz CT molecular complexity index is 933. The molecule has 1 fully saturated rings. The fourth-order valence-electron chi connectivity index (χ4n) is 3.27. The topological polar surface area (TPSA) is 113 Å². The molecule has 0 bridgehead atoms. The molecule has 0 radical (unpaired) electrons. The second-order valence-corrected chi connectivity index (χ2v) is 7.08. The zero-order chi connectivity index (χ0) is 22.9.